The second-order valence-corrected chi connectivity index (χ2v) is 9.99. The van der Waals surface area contributed by atoms with Crippen LogP contribution >= 0.6 is 0 Å². The maximum Gasteiger partial charge on any atom is 0.230 e. The van der Waals surface area contributed by atoms with E-state index in [2.05, 4.69) is 24.3 Å². The Balaban J connectivity index is 1.08. The van der Waals surface area contributed by atoms with E-state index in [0.717, 1.165) is 44.3 Å². The first-order valence-electron chi connectivity index (χ1n) is 11.8. The Morgan fingerprint density at radius 1 is 0.844 bits per heavy atom. The van der Waals surface area contributed by atoms with Crippen LogP contribution in [-0.4, -0.2) is 47.0 Å². The number of ketones is 1. The lowest BCUT2D eigenvalue weighted by Gasteiger charge is -2.35. The molecule has 1 saturated carbocycles. The van der Waals surface area contributed by atoms with E-state index in [-0.39, 0.29) is 35.4 Å². The molecular formula is C27H28N2O3. The topological polar surface area (TPSA) is 57.7 Å². The van der Waals surface area contributed by atoms with Gasteiger partial charge in [-0.05, 0) is 47.8 Å². The molecule has 2 aliphatic heterocycles. The molecule has 6 rings (SSSR count). The van der Waals surface area contributed by atoms with Gasteiger partial charge in [-0.25, -0.2) is 0 Å². The van der Waals surface area contributed by atoms with Gasteiger partial charge < -0.3 is 9.80 Å². The zero-order valence-corrected chi connectivity index (χ0v) is 18.3. The zero-order chi connectivity index (χ0) is 21.9. The van der Waals surface area contributed by atoms with Gasteiger partial charge >= 0.3 is 0 Å². The molecule has 0 aromatic heterocycles. The highest BCUT2D eigenvalue weighted by molar-refractivity contribution is 6.06. The molecule has 5 nitrogen and oxygen atoms in total. The number of amides is 2. The van der Waals surface area contributed by atoms with Crippen molar-refractivity contribution in [3.05, 3.63) is 70.8 Å². The maximum absolute atomic E-state index is 13.2. The fourth-order valence-electron chi connectivity index (χ4n) is 6.23. The van der Waals surface area contributed by atoms with Gasteiger partial charge in [0.25, 0.3) is 0 Å². The fraction of sp³-hybridized carbons (Fsp3) is 0.444. The highest BCUT2D eigenvalue weighted by Crippen LogP contribution is 2.60. The molecule has 4 aliphatic rings. The summed E-state index contributed by atoms with van der Waals surface area (Å²) in [5.74, 6) is 0.226. The minimum atomic E-state index is -0.335. The molecule has 32 heavy (non-hydrogen) atoms. The fourth-order valence-corrected chi connectivity index (χ4v) is 6.23. The molecular weight excluding hydrogens is 400 g/mol. The maximum atomic E-state index is 13.2. The van der Waals surface area contributed by atoms with Gasteiger partial charge in [-0.2, -0.15) is 0 Å². The molecule has 1 spiro atoms. The number of nitrogens with zero attached hydrogens (tertiary/aromatic N) is 2. The van der Waals surface area contributed by atoms with Crippen molar-refractivity contribution in [3.8, 4) is 0 Å². The van der Waals surface area contributed by atoms with Crippen LogP contribution in [0, 0.1) is 11.3 Å². The molecule has 2 aliphatic carbocycles. The number of hydrogen-bond donors (Lipinski definition) is 0. The van der Waals surface area contributed by atoms with Crippen molar-refractivity contribution >= 4 is 17.6 Å². The van der Waals surface area contributed by atoms with Gasteiger partial charge in [0, 0.05) is 44.1 Å². The number of benzene rings is 2. The second-order valence-electron chi connectivity index (χ2n) is 9.99. The van der Waals surface area contributed by atoms with Crippen LogP contribution in [0.1, 0.15) is 58.6 Å². The molecule has 2 heterocycles. The first kappa shape index (κ1) is 19.7. The van der Waals surface area contributed by atoms with Crippen LogP contribution in [0.15, 0.2) is 48.5 Å². The summed E-state index contributed by atoms with van der Waals surface area (Å²) < 4.78 is 0. The predicted molar refractivity (Wildman–Crippen MR) is 120 cm³/mol. The summed E-state index contributed by atoms with van der Waals surface area (Å²) in [7, 11) is 0. The predicted octanol–water partition coefficient (Wildman–Crippen LogP) is 3.57. The van der Waals surface area contributed by atoms with Crippen LogP contribution in [0.3, 0.4) is 0 Å². The minimum Gasteiger partial charge on any atom is -0.342 e. The number of Topliss-reactive ketones (excluding diaryl/α,β-unsaturated/α-hetero) is 1. The van der Waals surface area contributed by atoms with E-state index in [9.17, 15) is 14.4 Å². The van der Waals surface area contributed by atoms with E-state index >= 15 is 0 Å². The van der Waals surface area contributed by atoms with Gasteiger partial charge in [-0.1, -0.05) is 48.5 Å². The molecule has 5 heteroatoms. The highest BCUT2D eigenvalue weighted by Gasteiger charge is 2.59. The molecule has 0 radical (unpaired) electrons. The van der Waals surface area contributed by atoms with Crippen LogP contribution in [0.4, 0.5) is 0 Å². The average molecular weight is 429 g/mol. The Labute approximate surface area is 188 Å². The van der Waals surface area contributed by atoms with Crippen molar-refractivity contribution in [2.24, 2.45) is 11.3 Å². The third-order valence-electron chi connectivity index (χ3n) is 8.33. The molecule has 2 fully saturated rings. The quantitative estimate of drug-likeness (QED) is 0.735. The van der Waals surface area contributed by atoms with Crippen LogP contribution in [0.25, 0.3) is 0 Å². The molecule has 0 bridgehead atoms. The van der Waals surface area contributed by atoms with E-state index in [1.54, 1.807) is 0 Å². The number of rotatable bonds is 2. The van der Waals surface area contributed by atoms with Crippen molar-refractivity contribution in [1.29, 1.82) is 0 Å². The lowest BCUT2D eigenvalue weighted by atomic mass is 9.89. The summed E-state index contributed by atoms with van der Waals surface area (Å²) in [4.78, 5) is 42.8. The molecule has 2 atom stereocenters. The molecule has 0 N–H and O–H groups in total. The standard InChI is InChI=1S/C27H28N2O3/c30-24-15-22(20-7-3-4-8-21(20)24)25(31)28-13-10-27(11-14-28)16-23(27)26(32)29-12-9-18-5-1-2-6-19(18)17-29/h1-8,22-23H,9-17H2/t22-,23-/m1/s1. The van der Waals surface area contributed by atoms with Crippen molar-refractivity contribution < 1.29 is 14.4 Å². The van der Waals surface area contributed by atoms with Crippen LogP contribution in [-0.2, 0) is 22.6 Å². The van der Waals surface area contributed by atoms with Crippen LogP contribution < -0.4 is 0 Å². The second kappa shape index (κ2) is 7.29. The normalized spacial score (nSPS) is 25.4. The number of fused-ring (bicyclic) bond motifs is 2. The molecule has 1 saturated heterocycles. The van der Waals surface area contributed by atoms with Gasteiger partial charge in [0.15, 0.2) is 5.78 Å². The summed E-state index contributed by atoms with van der Waals surface area (Å²) in [5, 5.41) is 0. The van der Waals surface area contributed by atoms with Gasteiger partial charge in [0.2, 0.25) is 11.8 Å². The van der Waals surface area contributed by atoms with Gasteiger partial charge in [-0.15, -0.1) is 0 Å². The average Bonchev–Trinajstić information content (AvgIpc) is 3.43. The smallest absolute Gasteiger partial charge is 0.230 e. The Morgan fingerprint density at radius 3 is 2.38 bits per heavy atom. The summed E-state index contributed by atoms with van der Waals surface area (Å²) in [6.07, 6.45) is 3.96. The Hall–Kier alpha value is -2.95. The van der Waals surface area contributed by atoms with Crippen molar-refractivity contribution in [3.63, 3.8) is 0 Å². The van der Waals surface area contributed by atoms with Crippen molar-refractivity contribution in [1.82, 2.24) is 9.80 Å². The minimum absolute atomic E-state index is 0.0726. The van der Waals surface area contributed by atoms with E-state index in [0.29, 0.717) is 24.6 Å². The third-order valence-corrected chi connectivity index (χ3v) is 8.33. The van der Waals surface area contributed by atoms with Crippen molar-refractivity contribution in [2.75, 3.05) is 19.6 Å². The van der Waals surface area contributed by atoms with E-state index in [1.165, 1.54) is 11.1 Å². The lowest BCUT2D eigenvalue weighted by Crippen LogP contribution is -2.43. The van der Waals surface area contributed by atoms with Gasteiger partial charge in [-0.3, -0.25) is 14.4 Å². The summed E-state index contributed by atoms with van der Waals surface area (Å²) in [6.45, 7) is 2.92. The third kappa shape index (κ3) is 3.09. The number of hydrogen-bond acceptors (Lipinski definition) is 3. The Bertz CT molecular complexity index is 1120. The van der Waals surface area contributed by atoms with Crippen LogP contribution in [0.2, 0.25) is 0 Å². The molecule has 0 unspecified atom stereocenters. The number of piperidine rings is 1. The van der Waals surface area contributed by atoms with E-state index in [4.69, 9.17) is 0 Å². The van der Waals surface area contributed by atoms with Gasteiger partial charge in [0.05, 0.1) is 5.92 Å². The monoisotopic (exact) mass is 428 g/mol. The molecule has 2 aromatic carbocycles. The summed E-state index contributed by atoms with van der Waals surface area (Å²) >= 11 is 0. The summed E-state index contributed by atoms with van der Waals surface area (Å²) in [6, 6.07) is 15.9. The lowest BCUT2D eigenvalue weighted by molar-refractivity contribution is -0.135. The van der Waals surface area contributed by atoms with Gasteiger partial charge in [0.1, 0.15) is 0 Å². The Kier molecular flexibility index (Phi) is 4.49. The first-order chi connectivity index (χ1) is 15.6. The highest BCUT2D eigenvalue weighted by atomic mass is 16.2. The Morgan fingerprint density at radius 2 is 1.56 bits per heavy atom. The molecule has 2 aromatic rings. The number of carbonyl (C=O) groups excluding carboxylic acids is 3. The number of carbonyl (C=O) groups is 3. The number of likely N-dealkylation sites (tertiary alicyclic amines) is 1. The van der Waals surface area contributed by atoms with Crippen LogP contribution in [0.5, 0.6) is 0 Å². The summed E-state index contributed by atoms with van der Waals surface area (Å²) in [5.41, 5.74) is 4.30. The molecule has 164 valence electrons. The van der Waals surface area contributed by atoms with E-state index < -0.39 is 0 Å². The zero-order valence-electron chi connectivity index (χ0n) is 18.3. The molecule has 2 amide bonds. The van der Waals surface area contributed by atoms with Crippen molar-refractivity contribution in [2.45, 2.75) is 44.6 Å². The first-order valence-corrected chi connectivity index (χ1v) is 11.8. The SMILES string of the molecule is O=C1C[C@@H](C(=O)N2CCC3(CC2)C[C@@H]3C(=O)N2CCc3ccccc3C2)c2ccccc21. The van der Waals surface area contributed by atoms with E-state index in [1.807, 2.05) is 34.1 Å². The largest absolute Gasteiger partial charge is 0.342 e.